The molecular weight excluding hydrogens is 510 g/mol. The molecule has 6 aromatic carbocycles. The zero-order valence-electron chi connectivity index (χ0n) is 23.5. The van der Waals surface area contributed by atoms with Crippen molar-refractivity contribution in [1.29, 1.82) is 0 Å². The molecule has 8 aromatic rings. The van der Waals surface area contributed by atoms with Crippen LogP contribution in [0.1, 0.15) is 25.0 Å². The first kappa shape index (κ1) is 23.4. The van der Waals surface area contributed by atoms with Crippen molar-refractivity contribution in [3.05, 3.63) is 139 Å². The van der Waals surface area contributed by atoms with Crippen LogP contribution in [-0.4, -0.2) is 14.5 Å². The lowest BCUT2D eigenvalue weighted by Gasteiger charge is -2.35. The van der Waals surface area contributed by atoms with Gasteiger partial charge in [0.05, 0.1) is 16.6 Å². The Labute approximate surface area is 243 Å². The molecule has 1 aliphatic rings. The standard InChI is InChI=1S/C39H27N3/c1-39(2)31-19-11-15-24-14-10-18-27(36(24)31)29-22-30-26-16-7-9-21-34(26)42(35(30)23-32(29)39)38-28-17-6-8-20-33(28)40-37(41-38)25-12-4-3-5-13-25/h3-23H,1-2H3. The van der Waals surface area contributed by atoms with Crippen LogP contribution >= 0.6 is 0 Å². The van der Waals surface area contributed by atoms with E-state index in [-0.39, 0.29) is 5.41 Å². The summed E-state index contributed by atoms with van der Waals surface area (Å²) >= 11 is 0. The van der Waals surface area contributed by atoms with Gasteiger partial charge < -0.3 is 0 Å². The van der Waals surface area contributed by atoms with Gasteiger partial charge in [0.1, 0.15) is 5.82 Å². The first-order valence-corrected chi connectivity index (χ1v) is 14.5. The van der Waals surface area contributed by atoms with Crippen LogP contribution in [0, 0.1) is 0 Å². The molecule has 0 N–H and O–H groups in total. The second kappa shape index (κ2) is 8.37. The van der Waals surface area contributed by atoms with Gasteiger partial charge in [-0.3, -0.25) is 4.57 Å². The van der Waals surface area contributed by atoms with E-state index in [2.05, 4.69) is 128 Å². The first-order valence-electron chi connectivity index (χ1n) is 14.5. The average Bonchev–Trinajstić information content (AvgIpc) is 3.36. The summed E-state index contributed by atoms with van der Waals surface area (Å²) in [5, 5.41) is 6.16. The minimum absolute atomic E-state index is 0.165. The zero-order chi connectivity index (χ0) is 28.0. The maximum absolute atomic E-state index is 5.28. The Balaban J connectivity index is 1.43. The molecule has 2 heterocycles. The molecule has 0 radical (unpaired) electrons. The van der Waals surface area contributed by atoms with Crippen molar-refractivity contribution in [3.8, 4) is 28.3 Å². The fourth-order valence-corrected chi connectivity index (χ4v) is 7.16. The van der Waals surface area contributed by atoms with E-state index >= 15 is 0 Å². The molecule has 0 fully saturated rings. The van der Waals surface area contributed by atoms with Crippen molar-refractivity contribution in [2.45, 2.75) is 19.3 Å². The average molecular weight is 538 g/mol. The number of benzene rings is 6. The summed E-state index contributed by atoms with van der Waals surface area (Å²) in [4.78, 5) is 10.3. The molecule has 9 rings (SSSR count). The Bertz CT molecular complexity index is 2370. The van der Waals surface area contributed by atoms with Crippen molar-refractivity contribution in [2.24, 2.45) is 0 Å². The fraction of sp³-hybridized carbons (Fsp3) is 0.0769. The number of rotatable bonds is 2. The van der Waals surface area contributed by atoms with Crippen molar-refractivity contribution in [1.82, 2.24) is 14.5 Å². The van der Waals surface area contributed by atoms with Crippen molar-refractivity contribution in [3.63, 3.8) is 0 Å². The Kier molecular flexibility index (Phi) is 4.67. The molecule has 0 spiro atoms. The zero-order valence-corrected chi connectivity index (χ0v) is 23.5. The van der Waals surface area contributed by atoms with Crippen LogP contribution in [-0.2, 0) is 5.41 Å². The van der Waals surface area contributed by atoms with Crippen LogP contribution in [0.15, 0.2) is 127 Å². The van der Waals surface area contributed by atoms with Gasteiger partial charge in [-0.25, -0.2) is 9.97 Å². The molecule has 3 heteroatoms. The quantitative estimate of drug-likeness (QED) is 0.220. The van der Waals surface area contributed by atoms with Crippen LogP contribution in [0.5, 0.6) is 0 Å². The molecule has 42 heavy (non-hydrogen) atoms. The van der Waals surface area contributed by atoms with Gasteiger partial charge in [-0.1, -0.05) is 111 Å². The Morgan fingerprint density at radius 3 is 2.14 bits per heavy atom. The van der Waals surface area contributed by atoms with E-state index in [9.17, 15) is 0 Å². The lowest BCUT2D eigenvalue weighted by Crippen LogP contribution is -2.23. The number of nitrogens with zero attached hydrogens (tertiary/aromatic N) is 3. The molecule has 1 aliphatic carbocycles. The number of para-hydroxylation sites is 2. The van der Waals surface area contributed by atoms with Crippen LogP contribution in [0.25, 0.3) is 71.8 Å². The predicted octanol–water partition coefficient (Wildman–Crippen LogP) is 9.85. The van der Waals surface area contributed by atoms with Crippen LogP contribution in [0.2, 0.25) is 0 Å². The highest BCUT2D eigenvalue weighted by Crippen LogP contribution is 2.50. The molecular formula is C39H27N3. The molecule has 2 aromatic heterocycles. The molecule has 0 aliphatic heterocycles. The summed E-state index contributed by atoms with van der Waals surface area (Å²) in [7, 11) is 0. The highest BCUT2D eigenvalue weighted by Gasteiger charge is 2.34. The second-order valence-corrected chi connectivity index (χ2v) is 11.9. The van der Waals surface area contributed by atoms with Gasteiger partial charge in [0.15, 0.2) is 5.82 Å². The van der Waals surface area contributed by atoms with Gasteiger partial charge in [0, 0.05) is 27.1 Å². The highest BCUT2D eigenvalue weighted by molar-refractivity contribution is 6.14. The highest BCUT2D eigenvalue weighted by atomic mass is 15.1. The fourth-order valence-electron chi connectivity index (χ4n) is 7.16. The summed E-state index contributed by atoms with van der Waals surface area (Å²) < 4.78 is 2.36. The molecule has 0 saturated heterocycles. The summed E-state index contributed by atoms with van der Waals surface area (Å²) in [6, 6.07) is 45.7. The maximum Gasteiger partial charge on any atom is 0.162 e. The minimum Gasteiger partial charge on any atom is -0.293 e. The third-order valence-electron chi connectivity index (χ3n) is 9.18. The lowest BCUT2D eigenvalue weighted by atomic mass is 9.68. The topological polar surface area (TPSA) is 30.7 Å². The normalized spacial score (nSPS) is 13.7. The Morgan fingerprint density at radius 2 is 1.29 bits per heavy atom. The van der Waals surface area contributed by atoms with Crippen LogP contribution in [0.3, 0.4) is 0 Å². The molecule has 198 valence electrons. The summed E-state index contributed by atoms with van der Waals surface area (Å²) in [6.07, 6.45) is 0. The monoisotopic (exact) mass is 537 g/mol. The first-order chi connectivity index (χ1) is 20.6. The summed E-state index contributed by atoms with van der Waals surface area (Å²) in [5.41, 5.74) is 9.44. The number of hydrogen-bond acceptors (Lipinski definition) is 2. The number of aromatic nitrogens is 3. The van der Waals surface area contributed by atoms with Crippen LogP contribution < -0.4 is 0 Å². The second-order valence-electron chi connectivity index (χ2n) is 11.9. The van der Waals surface area contributed by atoms with Crippen LogP contribution in [0.4, 0.5) is 0 Å². The molecule has 3 nitrogen and oxygen atoms in total. The van der Waals surface area contributed by atoms with E-state index in [0.717, 1.165) is 39.1 Å². The van der Waals surface area contributed by atoms with Crippen molar-refractivity contribution in [2.75, 3.05) is 0 Å². The molecule has 0 unspecified atom stereocenters. The van der Waals surface area contributed by atoms with Crippen molar-refractivity contribution >= 4 is 43.5 Å². The SMILES string of the molecule is CC1(C)c2cc3c(cc2-c2cccc4cccc1c24)c1ccccc1n3-c1nc(-c2ccccc2)nc2ccccc12. The van der Waals surface area contributed by atoms with Gasteiger partial charge in [-0.15, -0.1) is 0 Å². The molecule has 0 amide bonds. The van der Waals surface area contributed by atoms with Gasteiger partial charge in [-0.05, 0) is 63.4 Å². The third kappa shape index (κ3) is 3.11. The Hall–Kier alpha value is -5.28. The lowest BCUT2D eigenvalue weighted by molar-refractivity contribution is 0.646. The number of fused-ring (bicyclic) bond motifs is 6. The third-order valence-corrected chi connectivity index (χ3v) is 9.18. The van der Waals surface area contributed by atoms with Gasteiger partial charge in [0.25, 0.3) is 0 Å². The van der Waals surface area contributed by atoms with E-state index in [1.54, 1.807) is 0 Å². The Morgan fingerprint density at radius 1 is 0.548 bits per heavy atom. The molecule has 0 saturated carbocycles. The van der Waals surface area contributed by atoms with E-state index in [1.165, 1.54) is 43.8 Å². The summed E-state index contributed by atoms with van der Waals surface area (Å²) in [5.74, 6) is 1.64. The molecule has 0 atom stereocenters. The van der Waals surface area contributed by atoms with Gasteiger partial charge in [-0.2, -0.15) is 0 Å². The van der Waals surface area contributed by atoms with Gasteiger partial charge >= 0.3 is 0 Å². The predicted molar refractivity (Wildman–Crippen MR) is 174 cm³/mol. The van der Waals surface area contributed by atoms with Gasteiger partial charge in [0.2, 0.25) is 0 Å². The maximum atomic E-state index is 5.28. The minimum atomic E-state index is -0.165. The van der Waals surface area contributed by atoms with Crippen molar-refractivity contribution < 1.29 is 0 Å². The van der Waals surface area contributed by atoms with E-state index < -0.39 is 0 Å². The van der Waals surface area contributed by atoms with E-state index in [1.807, 2.05) is 18.2 Å². The van der Waals surface area contributed by atoms with E-state index in [0.29, 0.717) is 0 Å². The largest absolute Gasteiger partial charge is 0.293 e. The number of hydrogen-bond donors (Lipinski definition) is 0. The smallest absolute Gasteiger partial charge is 0.162 e. The summed E-state index contributed by atoms with van der Waals surface area (Å²) in [6.45, 7) is 4.73. The molecule has 0 bridgehead atoms. The van der Waals surface area contributed by atoms with E-state index in [4.69, 9.17) is 9.97 Å².